The lowest BCUT2D eigenvalue weighted by Crippen LogP contribution is -2.55. The highest BCUT2D eigenvalue weighted by atomic mass is 28.3. The maximum Gasteiger partial charge on any atom is 0.496 e. The van der Waals surface area contributed by atoms with Crippen molar-refractivity contribution in [1.82, 2.24) is 14.8 Å². The Hall–Kier alpha value is -3.32. The zero-order chi connectivity index (χ0) is 34.7. The van der Waals surface area contributed by atoms with Crippen molar-refractivity contribution >= 4 is 44.5 Å². The van der Waals surface area contributed by atoms with E-state index in [9.17, 15) is 14.4 Å². The van der Waals surface area contributed by atoms with Gasteiger partial charge in [0.1, 0.15) is 12.8 Å². The molecule has 3 aliphatic rings. The highest BCUT2D eigenvalue weighted by molar-refractivity contribution is 6.76. The van der Waals surface area contributed by atoms with E-state index in [-0.39, 0.29) is 30.9 Å². The fourth-order valence-corrected chi connectivity index (χ4v) is 6.67. The highest BCUT2D eigenvalue weighted by Gasteiger charge is 2.52. The molecule has 3 amide bonds. The van der Waals surface area contributed by atoms with Gasteiger partial charge in [-0.3, -0.25) is 19.3 Å². The number of imide groups is 1. The van der Waals surface area contributed by atoms with Crippen molar-refractivity contribution in [1.29, 1.82) is 0 Å². The maximum atomic E-state index is 13.4. The van der Waals surface area contributed by atoms with Crippen molar-refractivity contribution in [3.8, 4) is 5.88 Å². The Kier molecular flexibility index (Phi) is 11.0. The minimum Gasteiger partial charge on any atom is -0.478 e. The number of carbonyl (C=O) groups excluding carboxylic acids is 3. The van der Waals surface area contributed by atoms with Crippen LogP contribution in [-0.2, 0) is 30.2 Å². The molecule has 0 spiro atoms. The zero-order valence-electron chi connectivity index (χ0n) is 29.5. The van der Waals surface area contributed by atoms with Gasteiger partial charge >= 0.3 is 7.12 Å². The molecule has 48 heavy (non-hydrogen) atoms. The molecule has 12 heteroatoms. The van der Waals surface area contributed by atoms with Crippen LogP contribution in [0.25, 0.3) is 6.08 Å². The van der Waals surface area contributed by atoms with Gasteiger partial charge in [0.2, 0.25) is 11.8 Å². The predicted molar refractivity (Wildman–Crippen MR) is 188 cm³/mol. The third kappa shape index (κ3) is 8.27. The summed E-state index contributed by atoms with van der Waals surface area (Å²) in [5.41, 5.74) is 2.57. The molecular weight excluding hydrogens is 625 g/mol. The maximum absolute atomic E-state index is 13.4. The molecular formula is C36H50BN3O7Si. The first kappa shape index (κ1) is 36.0. The molecule has 5 rings (SSSR count). The van der Waals surface area contributed by atoms with Crippen molar-refractivity contribution in [2.45, 2.75) is 109 Å². The summed E-state index contributed by atoms with van der Waals surface area (Å²) in [5.74, 6) is -0.189. The van der Waals surface area contributed by atoms with Gasteiger partial charge in [0.05, 0.1) is 17.8 Å². The molecule has 10 nitrogen and oxygen atoms in total. The summed E-state index contributed by atoms with van der Waals surface area (Å²) >= 11 is 0. The summed E-state index contributed by atoms with van der Waals surface area (Å²) in [4.78, 5) is 46.7. The third-order valence-corrected chi connectivity index (χ3v) is 11.4. The number of hydrogen-bond donors (Lipinski definition) is 0. The number of benzene rings is 1. The summed E-state index contributed by atoms with van der Waals surface area (Å²) in [6.45, 7) is 16.2. The van der Waals surface area contributed by atoms with Gasteiger partial charge in [0.15, 0.2) is 0 Å². The van der Waals surface area contributed by atoms with E-state index in [0.29, 0.717) is 37.6 Å². The van der Waals surface area contributed by atoms with Gasteiger partial charge in [-0.05, 0) is 82.7 Å². The van der Waals surface area contributed by atoms with Crippen LogP contribution >= 0.6 is 0 Å². The molecule has 1 aromatic carbocycles. The van der Waals surface area contributed by atoms with Gasteiger partial charge in [-0.25, -0.2) is 4.98 Å². The Morgan fingerprint density at radius 2 is 1.77 bits per heavy atom. The molecule has 2 saturated heterocycles. The molecule has 2 fully saturated rings. The molecule has 4 heterocycles. The van der Waals surface area contributed by atoms with Crippen LogP contribution in [0.4, 0.5) is 0 Å². The molecule has 0 saturated carbocycles. The fraction of sp³-hybridized carbons (Fsp3) is 0.556. The number of hydrogen-bond acceptors (Lipinski definition) is 8. The standard InChI is InChI=1S/C36H50BN3O7Si/c1-35(2)36(3,4)47-37(46-35)27-16-18-31(38-23-27)45-20-11-9-8-10-13-26-14-12-15-28-29(26)24-39(33(28)42)30-17-19-32(41)40(34(30)43)25-44-21-22-48(5,6)7/h10,12-16,18,23,30H,8-9,11,17,19-22,24-25H2,1-7H3/b13-10+. The number of nitrogens with zero attached hydrogens (tertiary/aromatic N) is 3. The van der Waals surface area contributed by atoms with Crippen LogP contribution < -0.4 is 10.2 Å². The van der Waals surface area contributed by atoms with Crippen LogP contribution in [0, 0.1) is 0 Å². The number of aromatic nitrogens is 1. The first-order chi connectivity index (χ1) is 22.7. The van der Waals surface area contributed by atoms with E-state index in [2.05, 4.69) is 36.8 Å². The quantitative estimate of drug-likeness (QED) is 0.148. The lowest BCUT2D eigenvalue weighted by atomic mass is 9.80. The number of amides is 3. The second-order valence-electron chi connectivity index (χ2n) is 15.1. The number of rotatable bonds is 14. The summed E-state index contributed by atoms with van der Waals surface area (Å²) in [5, 5.41) is 0. The number of pyridine rings is 1. The topological polar surface area (TPSA) is 108 Å². The van der Waals surface area contributed by atoms with Crippen molar-refractivity contribution in [3.05, 3.63) is 59.3 Å². The average Bonchev–Trinajstić information content (AvgIpc) is 3.47. The van der Waals surface area contributed by atoms with Crippen LogP contribution in [0.1, 0.15) is 81.3 Å². The van der Waals surface area contributed by atoms with Crippen molar-refractivity contribution in [3.63, 3.8) is 0 Å². The van der Waals surface area contributed by atoms with Crippen LogP contribution in [0.3, 0.4) is 0 Å². The average molecular weight is 676 g/mol. The molecule has 2 aromatic rings. The number of carbonyl (C=O) groups is 3. The summed E-state index contributed by atoms with van der Waals surface area (Å²) in [7, 11) is -1.74. The van der Waals surface area contributed by atoms with Crippen LogP contribution in [0.15, 0.2) is 42.6 Å². The van der Waals surface area contributed by atoms with Gasteiger partial charge in [-0.1, -0.05) is 50.0 Å². The fourth-order valence-electron chi connectivity index (χ4n) is 5.91. The van der Waals surface area contributed by atoms with Crippen LogP contribution in [-0.4, -0.2) is 84.9 Å². The molecule has 258 valence electrons. The van der Waals surface area contributed by atoms with Crippen molar-refractivity contribution in [2.75, 3.05) is 19.9 Å². The normalized spacial score (nSPS) is 20.7. The molecule has 1 atom stereocenters. The second kappa shape index (κ2) is 14.7. The second-order valence-corrected chi connectivity index (χ2v) is 20.8. The van der Waals surface area contributed by atoms with Crippen molar-refractivity contribution < 1.29 is 33.2 Å². The van der Waals surface area contributed by atoms with Gasteiger partial charge in [0.25, 0.3) is 11.8 Å². The van der Waals surface area contributed by atoms with E-state index in [4.69, 9.17) is 18.8 Å². The van der Waals surface area contributed by atoms with E-state index in [1.54, 1.807) is 11.1 Å². The van der Waals surface area contributed by atoms with Gasteiger partial charge in [0, 0.05) is 44.9 Å². The Bertz CT molecular complexity index is 1510. The van der Waals surface area contributed by atoms with Gasteiger partial charge in [-0.2, -0.15) is 0 Å². The van der Waals surface area contributed by atoms with Gasteiger partial charge in [-0.15, -0.1) is 0 Å². The molecule has 0 bridgehead atoms. The number of allylic oxidation sites excluding steroid dienone is 1. The third-order valence-electron chi connectivity index (χ3n) is 9.71. The zero-order valence-corrected chi connectivity index (χ0v) is 30.5. The number of piperidine rings is 1. The first-order valence-corrected chi connectivity index (χ1v) is 20.8. The lowest BCUT2D eigenvalue weighted by Gasteiger charge is -2.35. The van der Waals surface area contributed by atoms with Gasteiger partial charge < -0.3 is 23.7 Å². The van der Waals surface area contributed by atoms with Crippen LogP contribution in [0.2, 0.25) is 25.7 Å². The molecule has 1 unspecified atom stereocenters. The molecule has 0 aliphatic carbocycles. The number of unbranched alkanes of at least 4 members (excludes halogenated alkanes) is 2. The predicted octanol–water partition coefficient (Wildman–Crippen LogP) is 5.43. The summed E-state index contributed by atoms with van der Waals surface area (Å²) in [6, 6.07) is 9.76. The Morgan fingerprint density at radius 1 is 1.02 bits per heavy atom. The summed E-state index contributed by atoms with van der Waals surface area (Å²) in [6.07, 6.45) is 9.11. The van der Waals surface area contributed by atoms with E-state index >= 15 is 0 Å². The minimum absolute atomic E-state index is 0.0576. The van der Waals surface area contributed by atoms with E-state index in [1.165, 1.54) is 4.90 Å². The Labute approximate surface area is 286 Å². The number of ether oxygens (including phenoxy) is 2. The minimum atomic E-state index is -1.29. The van der Waals surface area contributed by atoms with E-state index in [1.807, 2.05) is 58.0 Å². The Balaban J connectivity index is 1.08. The highest BCUT2D eigenvalue weighted by Crippen LogP contribution is 2.36. The number of likely N-dealkylation sites (tertiary alicyclic amines) is 1. The molecule has 0 N–H and O–H groups in total. The molecule has 0 radical (unpaired) electrons. The first-order valence-electron chi connectivity index (χ1n) is 17.1. The van der Waals surface area contributed by atoms with Crippen LogP contribution in [0.5, 0.6) is 5.88 Å². The monoisotopic (exact) mass is 675 g/mol. The lowest BCUT2D eigenvalue weighted by molar-refractivity contribution is -0.158. The molecule has 3 aliphatic heterocycles. The van der Waals surface area contributed by atoms with E-state index in [0.717, 1.165) is 41.9 Å². The number of fused-ring (bicyclic) bond motifs is 1. The molecule has 1 aromatic heterocycles. The SMILES string of the molecule is CC1(C)OB(c2ccc(OCCCC/C=C/c3cccc4c3CN(C3CCC(=O)N(COCC[Si](C)(C)C)C3=O)C4=O)nc2)OC1(C)C. The smallest absolute Gasteiger partial charge is 0.478 e. The largest absolute Gasteiger partial charge is 0.496 e. The van der Waals surface area contributed by atoms with E-state index < -0.39 is 32.4 Å². The van der Waals surface area contributed by atoms with Crippen molar-refractivity contribution in [2.24, 2.45) is 0 Å². The Morgan fingerprint density at radius 3 is 2.46 bits per heavy atom. The summed E-state index contributed by atoms with van der Waals surface area (Å²) < 4.78 is 23.8.